The minimum atomic E-state index is -0.743. The molecule has 0 unspecified atom stereocenters. The van der Waals surface area contributed by atoms with Crippen molar-refractivity contribution in [2.24, 2.45) is 0 Å². The van der Waals surface area contributed by atoms with Crippen LogP contribution in [0.4, 0.5) is 9.52 Å². The summed E-state index contributed by atoms with van der Waals surface area (Å²) in [5.41, 5.74) is 1.45. The van der Waals surface area contributed by atoms with Gasteiger partial charge in [-0.2, -0.15) is 0 Å². The van der Waals surface area contributed by atoms with Gasteiger partial charge in [-0.15, -0.1) is 11.3 Å². The number of nitrogens with zero attached hydrogens (tertiary/aromatic N) is 1. The molecular weight excluding hydrogens is 343 g/mol. The number of carbonyl (C=O) groups is 1. The van der Waals surface area contributed by atoms with E-state index in [0.717, 1.165) is 5.56 Å². The molecule has 1 aliphatic rings. The normalized spacial score (nSPS) is 15.6. The minimum absolute atomic E-state index is 0.138. The number of anilines is 1. The van der Waals surface area contributed by atoms with Gasteiger partial charge in [-0.05, 0) is 36.4 Å². The molecule has 7 heteroatoms. The Labute approximate surface area is 147 Å². The summed E-state index contributed by atoms with van der Waals surface area (Å²) in [6, 6.07) is 13.2. The zero-order valence-electron chi connectivity index (χ0n) is 12.9. The maximum Gasteiger partial charge on any atom is 0.270 e. The van der Waals surface area contributed by atoms with Crippen LogP contribution in [-0.2, 0) is 4.79 Å². The standard InChI is InChI=1S/C18H13FN2O3S/c19-12-7-5-11(6-8-12)13-10-25-18(20-13)21-17(22)16-9-23-14-3-1-2-4-15(14)24-16/h1-8,10,16H,9H2,(H,20,21,22)/t16-/m1/s1. The Bertz CT molecular complexity index is 911. The number of benzene rings is 2. The molecular formula is C18H13FN2O3S. The quantitative estimate of drug-likeness (QED) is 0.777. The Morgan fingerprint density at radius 2 is 1.92 bits per heavy atom. The Balaban J connectivity index is 1.44. The number of amides is 1. The van der Waals surface area contributed by atoms with Gasteiger partial charge in [-0.25, -0.2) is 9.37 Å². The number of thiazole rings is 1. The zero-order chi connectivity index (χ0) is 17.2. The first-order valence-electron chi connectivity index (χ1n) is 7.60. The first kappa shape index (κ1) is 15.6. The van der Waals surface area contributed by atoms with Gasteiger partial charge in [0.15, 0.2) is 16.6 Å². The fourth-order valence-corrected chi connectivity index (χ4v) is 3.14. The largest absolute Gasteiger partial charge is 0.485 e. The molecule has 1 N–H and O–H groups in total. The van der Waals surface area contributed by atoms with Crippen molar-refractivity contribution in [3.8, 4) is 22.8 Å². The van der Waals surface area contributed by atoms with Gasteiger partial charge in [-0.1, -0.05) is 12.1 Å². The van der Waals surface area contributed by atoms with Crippen LogP contribution in [0.25, 0.3) is 11.3 Å². The van der Waals surface area contributed by atoms with Crippen LogP contribution in [0.1, 0.15) is 0 Å². The summed E-state index contributed by atoms with van der Waals surface area (Å²) in [5, 5.41) is 4.99. The molecule has 5 nitrogen and oxygen atoms in total. The molecule has 1 atom stereocenters. The maximum absolute atomic E-state index is 13.0. The number of hydrogen-bond donors (Lipinski definition) is 1. The van der Waals surface area contributed by atoms with Crippen molar-refractivity contribution in [1.82, 2.24) is 4.98 Å². The third-order valence-corrected chi connectivity index (χ3v) is 4.43. The van der Waals surface area contributed by atoms with Crippen molar-refractivity contribution < 1.29 is 18.7 Å². The summed E-state index contributed by atoms with van der Waals surface area (Å²) in [5.74, 6) is 0.538. The molecule has 4 rings (SSSR count). The van der Waals surface area contributed by atoms with Crippen molar-refractivity contribution in [3.05, 3.63) is 59.7 Å². The first-order valence-corrected chi connectivity index (χ1v) is 8.48. The van der Waals surface area contributed by atoms with E-state index in [9.17, 15) is 9.18 Å². The molecule has 0 saturated carbocycles. The fourth-order valence-electron chi connectivity index (χ4n) is 2.42. The van der Waals surface area contributed by atoms with E-state index in [2.05, 4.69) is 10.3 Å². The van der Waals surface area contributed by atoms with Crippen LogP contribution in [0.2, 0.25) is 0 Å². The monoisotopic (exact) mass is 356 g/mol. The van der Waals surface area contributed by atoms with Crippen LogP contribution in [-0.4, -0.2) is 23.6 Å². The molecule has 2 heterocycles. The second-order valence-electron chi connectivity index (χ2n) is 5.40. The van der Waals surface area contributed by atoms with Gasteiger partial charge in [0.05, 0.1) is 5.69 Å². The van der Waals surface area contributed by atoms with E-state index in [-0.39, 0.29) is 18.3 Å². The van der Waals surface area contributed by atoms with Crippen molar-refractivity contribution in [2.45, 2.75) is 6.10 Å². The number of aromatic nitrogens is 1. The van der Waals surface area contributed by atoms with E-state index in [1.165, 1.54) is 23.5 Å². The maximum atomic E-state index is 13.0. The molecule has 3 aromatic rings. The number of hydrogen-bond acceptors (Lipinski definition) is 5. The first-order chi connectivity index (χ1) is 12.2. The number of nitrogens with one attached hydrogen (secondary N) is 1. The Hall–Kier alpha value is -2.93. The molecule has 2 aromatic carbocycles. The lowest BCUT2D eigenvalue weighted by Gasteiger charge is -2.25. The van der Waals surface area contributed by atoms with E-state index in [1.807, 2.05) is 12.1 Å². The molecule has 0 bridgehead atoms. The van der Waals surface area contributed by atoms with Gasteiger partial charge in [-0.3, -0.25) is 10.1 Å². The molecule has 0 spiro atoms. The lowest BCUT2D eigenvalue weighted by Crippen LogP contribution is -2.40. The molecule has 0 aliphatic carbocycles. The van der Waals surface area contributed by atoms with E-state index in [0.29, 0.717) is 22.3 Å². The molecule has 1 amide bonds. The highest BCUT2D eigenvalue weighted by Gasteiger charge is 2.27. The summed E-state index contributed by atoms with van der Waals surface area (Å²) < 4.78 is 24.2. The number of rotatable bonds is 3. The smallest absolute Gasteiger partial charge is 0.270 e. The number of carbonyl (C=O) groups excluding carboxylic acids is 1. The van der Waals surface area contributed by atoms with E-state index < -0.39 is 6.10 Å². The Kier molecular flexibility index (Phi) is 4.07. The summed E-state index contributed by atoms with van der Waals surface area (Å²) in [6.45, 7) is 0.138. The predicted octanol–water partition coefficient (Wildman–Crippen LogP) is 3.73. The number of fused-ring (bicyclic) bond motifs is 1. The van der Waals surface area contributed by atoms with Crippen LogP contribution >= 0.6 is 11.3 Å². The van der Waals surface area contributed by atoms with Crippen LogP contribution in [0.15, 0.2) is 53.9 Å². The molecule has 1 aromatic heterocycles. The molecule has 25 heavy (non-hydrogen) atoms. The van der Waals surface area contributed by atoms with Gasteiger partial charge in [0.1, 0.15) is 12.4 Å². The number of ether oxygens (including phenoxy) is 2. The lowest BCUT2D eigenvalue weighted by molar-refractivity contribution is -0.125. The molecule has 0 fully saturated rings. The van der Waals surface area contributed by atoms with Crippen LogP contribution in [0, 0.1) is 5.82 Å². The van der Waals surface area contributed by atoms with E-state index in [1.54, 1.807) is 29.6 Å². The number of para-hydroxylation sites is 2. The van der Waals surface area contributed by atoms with Crippen molar-refractivity contribution >= 4 is 22.4 Å². The highest BCUT2D eigenvalue weighted by Crippen LogP contribution is 2.31. The van der Waals surface area contributed by atoms with Gasteiger partial charge in [0, 0.05) is 10.9 Å². The van der Waals surface area contributed by atoms with Crippen molar-refractivity contribution in [2.75, 3.05) is 11.9 Å². The zero-order valence-corrected chi connectivity index (χ0v) is 13.8. The van der Waals surface area contributed by atoms with Crippen LogP contribution in [0.3, 0.4) is 0 Å². The van der Waals surface area contributed by atoms with E-state index >= 15 is 0 Å². The number of halogens is 1. The average molecular weight is 356 g/mol. The van der Waals surface area contributed by atoms with Crippen LogP contribution in [0.5, 0.6) is 11.5 Å². The lowest BCUT2D eigenvalue weighted by atomic mass is 10.2. The van der Waals surface area contributed by atoms with Gasteiger partial charge < -0.3 is 9.47 Å². The molecule has 0 radical (unpaired) electrons. The molecule has 126 valence electrons. The molecule has 0 saturated heterocycles. The Morgan fingerprint density at radius 3 is 2.72 bits per heavy atom. The SMILES string of the molecule is O=C(Nc1nc(-c2ccc(F)cc2)cs1)[C@H]1COc2ccccc2O1. The minimum Gasteiger partial charge on any atom is -0.485 e. The summed E-state index contributed by atoms with van der Waals surface area (Å²) in [4.78, 5) is 16.7. The topological polar surface area (TPSA) is 60.5 Å². The second-order valence-corrected chi connectivity index (χ2v) is 6.26. The predicted molar refractivity (Wildman–Crippen MR) is 92.5 cm³/mol. The highest BCUT2D eigenvalue weighted by molar-refractivity contribution is 7.14. The summed E-state index contributed by atoms with van der Waals surface area (Å²) in [7, 11) is 0. The van der Waals surface area contributed by atoms with Crippen molar-refractivity contribution in [3.63, 3.8) is 0 Å². The third kappa shape index (κ3) is 3.32. The summed E-state index contributed by atoms with van der Waals surface area (Å²) in [6.07, 6.45) is -0.743. The molecule has 1 aliphatic heterocycles. The van der Waals surface area contributed by atoms with Crippen LogP contribution < -0.4 is 14.8 Å². The summed E-state index contributed by atoms with van der Waals surface area (Å²) >= 11 is 1.29. The Morgan fingerprint density at radius 1 is 1.16 bits per heavy atom. The van der Waals surface area contributed by atoms with Gasteiger partial charge >= 0.3 is 0 Å². The van der Waals surface area contributed by atoms with Gasteiger partial charge in [0.25, 0.3) is 5.91 Å². The fraction of sp³-hybridized carbons (Fsp3) is 0.111. The van der Waals surface area contributed by atoms with Gasteiger partial charge in [0.2, 0.25) is 6.10 Å². The second kappa shape index (κ2) is 6.52. The average Bonchev–Trinajstić information content (AvgIpc) is 3.10. The third-order valence-electron chi connectivity index (χ3n) is 3.68. The van der Waals surface area contributed by atoms with Crippen molar-refractivity contribution in [1.29, 1.82) is 0 Å². The van der Waals surface area contributed by atoms with E-state index in [4.69, 9.17) is 9.47 Å². The highest BCUT2D eigenvalue weighted by atomic mass is 32.1.